The molecule has 5 heteroatoms. The van der Waals surface area contributed by atoms with Gasteiger partial charge in [0.05, 0.1) is 13.2 Å². The first-order valence-corrected chi connectivity index (χ1v) is 7.80. The topological polar surface area (TPSA) is 86.3 Å². The van der Waals surface area contributed by atoms with Crippen LogP contribution in [0.4, 0.5) is 11.4 Å². The maximum atomic E-state index is 6.42. The second kappa shape index (κ2) is 5.85. The highest BCUT2D eigenvalue weighted by Crippen LogP contribution is 2.40. The van der Waals surface area contributed by atoms with Gasteiger partial charge in [0, 0.05) is 11.4 Å². The molecule has 4 N–H and O–H groups in total. The van der Waals surface area contributed by atoms with Crippen LogP contribution in [0.1, 0.15) is 23.3 Å². The highest BCUT2D eigenvalue weighted by atomic mass is 16.6. The van der Waals surface area contributed by atoms with E-state index in [1.54, 1.807) is 0 Å². The van der Waals surface area contributed by atoms with Crippen molar-refractivity contribution in [2.45, 2.75) is 24.4 Å². The third-order valence-electron chi connectivity index (χ3n) is 4.22. The maximum Gasteiger partial charge on any atom is 0.112 e. The van der Waals surface area contributed by atoms with Gasteiger partial charge < -0.3 is 25.7 Å². The summed E-state index contributed by atoms with van der Waals surface area (Å²) in [6.45, 7) is 1.43. The summed E-state index contributed by atoms with van der Waals surface area (Å²) in [4.78, 5) is 0. The molecule has 5 nitrogen and oxygen atoms in total. The van der Waals surface area contributed by atoms with Gasteiger partial charge in [-0.15, -0.1) is 0 Å². The molecule has 4 rings (SSSR count). The fourth-order valence-electron chi connectivity index (χ4n) is 2.75. The van der Waals surface area contributed by atoms with E-state index >= 15 is 0 Å². The van der Waals surface area contributed by atoms with Gasteiger partial charge >= 0.3 is 0 Å². The van der Waals surface area contributed by atoms with E-state index in [4.69, 9.17) is 25.7 Å². The number of hydrogen-bond donors (Lipinski definition) is 2. The molecule has 2 fully saturated rings. The Morgan fingerprint density at radius 1 is 0.739 bits per heavy atom. The maximum absolute atomic E-state index is 6.42. The molecule has 2 aliphatic rings. The molecular weight excluding hydrogens is 292 g/mol. The SMILES string of the molecule is Nc1ccc(C(OC(c2ccc(N)cc2)C2CO2)C2CO2)cc1. The van der Waals surface area contributed by atoms with Crippen molar-refractivity contribution < 1.29 is 14.2 Å². The van der Waals surface area contributed by atoms with Crippen molar-refractivity contribution in [2.75, 3.05) is 24.7 Å². The van der Waals surface area contributed by atoms with E-state index in [9.17, 15) is 0 Å². The summed E-state index contributed by atoms with van der Waals surface area (Å²) in [6.07, 6.45) is -0.0629. The quantitative estimate of drug-likeness (QED) is 0.632. The van der Waals surface area contributed by atoms with E-state index < -0.39 is 0 Å². The Balaban J connectivity index is 1.58. The molecular formula is C18H20N2O3. The van der Waals surface area contributed by atoms with Crippen LogP contribution in [0.2, 0.25) is 0 Å². The smallest absolute Gasteiger partial charge is 0.112 e. The van der Waals surface area contributed by atoms with Gasteiger partial charge in [0.1, 0.15) is 24.4 Å². The van der Waals surface area contributed by atoms with Crippen LogP contribution in [0.25, 0.3) is 0 Å². The number of benzene rings is 2. The Morgan fingerprint density at radius 2 is 1.09 bits per heavy atom. The monoisotopic (exact) mass is 312 g/mol. The van der Waals surface area contributed by atoms with E-state index in [-0.39, 0.29) is 24.4 Å². The number of nitrogen functional groups attached to an aromatic ring is 2. The van der Waals surface area contributed by atoms with Crippen molar-refractivity contribution in [2.24, 2.45) is 0 Å². The van der Waals surface area contributed by atoms with E-state index in [2.05, 4.69) is 0 Å². The zero-order valence-corrected chi connectivity index (χ0v) is 12.7. The van der Waals surface area contributed by atoms with Crippen LogP contribution in [-0.4, -0.2) is 25.4 Å². The molecule has 2 aromatic rings. The standard InChI is InChI=1S/C18H20N2O3/c19-13-5-1-11(2-6-13)17(15-9-21-15)23-18(16-10-22-16)12-3-7-14(20)8-4-12/h1-8,15-18H,9-10,19-20H2. The van der Waals surface area contributed by atoms with Crippen molar-refractivity contribution in [3.05, 3.63) is 59.7 Å². The third kappa shape index (κ3) is 3.32. The van der Waals surface area contributed by atoms with E-state index in [1.165, 1.54) is 0 Å². The summed E-state index contributed by atoms with van der Waals surface area (Å²) in [5.41, 5.74) is 15.2. The molecule has 0 aromatic heterocycles. The summed E-state index contributed by atoms with van der Waals surface area (Å²) in [6, 6.07) is 15.5. The van der Waals surface area contributed by atoms with Crippen molar-refractivity contribution in [3.8, 4) is 0 Å². The van der Waals surface area contributed by atoms with Crippen LogP contribution in [0.3, 0.4) is 0 Å². The molecule has 0 spiro atoms. The van der Waals surface area contributed by atoms with E-state index in [0.29, 0.717) is 0 Å². The second-order valence-electron chi connectivity index (χ2n) is 6.05. The van der Waals surface area contributed by atoms with Crippen LogP contribution in [0.15, 0.2) is 48.5 Å². The van der Waals surface area contributed by atoms with Gasteiger partial charge in [-0.1, -0.05) is 24.3 Å². The average Bonchev–Trinajstić information content (AvgIpc) is 3.45. The van der Waals surface area contributed by atoms with Gasteiger partial charge in [-0.2, -0.15) is 0 Å². The molecule has 0 bridgehead atoms. The summed E-state index contributed by atoms with van der Waals surface area (Å²) < 4.78 is 17.4. The average molecular weight is 312 g/mol. The summed E-state index contributed by atoms with van der Waals surface area (Å²) in [5.74, 6) is 0. The minimum Gasteiger partial charge on any atom is -0.399 e. The molecule has 4 atom stereocenters. The number of hydrogen-bond acceptors (Lipinski definition) is 5. The highest BCUT2D eigenvalue weighted by Gasteiger charge is 2.42. The summed E-state index contributed by atoms with van der Waals surface area (Å²) in [7, 11) is 0. The molecule has 2 aromatic carbocycles. The van der Waals surface area contributed by atoms with Crippen molar-refractivity contribution >= 4 is 11.4 Å². The molecule has 2 aliphatic heterocycles. The second-order valence-corrected chi connectivity index (χ2v) is 6.05. The first-order valence-electron chi connectivity index (χ1n) is 7.80. The molecule has 2 heterocycles. The van der Waals surface area contributed by atoms with Crippen LogP contribution < -0.4 is 11.5 Å². The highest BCUT2D eigenvalue weighted by molar-refractivity contribution is 5.41. The zero-order valence-electron chi connectivity index (χ0n) is 12.7. The number of rotatable bonds is 6. The van der Waals surface area contributed by atoms with Crippen molar-refractivity contribution in [1.82, 2.24) is 0 Å². The number of anilines is 2. The van der Waals surface area contributed by atoms with Crippen molar-refractivity contribution in [1.29, 1.82) is 0 Å². The predicted octanol–water partition coefficient (Wildman–Crippen LogP) is 2.45. The summed E-state index contributed by atoms with van der Waals surface area (Å²) >= 11 is 0. The molecule has 2 saturated heterocycles. The van der Waals surface area contributed by atoms with Crippen LogP contribution in [0.5, 0.6) is 0 Å². The Bertz CT molecular complexity index is 604. The molecule has 23 heavy (non-hydrogen) atoms. The molecule has 0 radical (unpaired) electrons. The van der Waals surface area contributed by atoms with Crippen molar-refractivity contribution in [3.63, 3.8) is 0 Å². The first kappa shape index (κ1) is 14.5. The van der Waals surface area contributed by atoms with Gasteiger partial charge in [-0.3, -0.25) is 0 Å². The lowest BCUT2D eigenvalue weighted by Crippen LogP contribution is -2.19. The molecule has 0 aliphatic carbocycles. The van der Waals surface area contributed by atoms with Gasteiger partial charge in [0.25, 0.3) is 0 Å². The first-order chi connectivity index (χ1) is 11.2. The Hall–Kier alpha value is -2.08. The van der Waals surface area contributed by atoms with E-state index in [0.717, 1.165) is 35.7 Å². The van der Waals surface area contributed by atoms with Crippen LogP contribution in [-0.2, 0) is 14.2 Å². The largest absolute Gasteiger partial charge is 0.399 e. The van der Waals surface area contributed by atoms with Crippen LogP contribution >= 0.6 is 0 Å². The zero-order chi connectivity index (χ0) is 15.8. The normalized spacial score (nSPS) is 24.9. The fourth-order valence-corrected chi connectivity index (χ4v) is 2.75. The lowest BCUT2D eigenvalue weighted by Gasteiger charge is -2.24. The van der Waals surface area contributed by atoms with Gasteiger partial charge in [0.2, 0.25) is 0 Å². The lowest BCUT2D eigenvalue weighted by atomic mass is 10.0. The van der Waals surface area contributed by atoms with Gasteiger partial charge in [-0.05, 0) is 35.4 Å². The molecule has 4 unspecified atom stereocenters. The number of epoxide rings is 2. The molecule has 0 saturated carbocycles. The van der Waals surface area contributed by atoms with E-state index in [1.807, 2.05) is 48.5 Å². The van der Waals surface area contributed by atoms with Crippen LogP contribution in [0, 0.1) is 0 Å². The number of nitrogens with two attached hydrogens (primary N) is 2. The minimum atomic E-state index is -0.123. The third-order valence-corrected chi connectivity index (χ3v) is 4.22. The Labute approximate surface area is 135 Å². The van der Waals surface area contributed by atoms with Gasteiger partial charge in [0.15, 0.2) is 0 Å². The van der Waals surface area contributed by atoms with Gasteiger partial charge in [-0.25, -0.2) is 0 Å². The Kier molecular flexibility index (Phi) is 3.69. The minimum absolute atomic E-state index is 0.0913. The fraction of sp³-hybridized carbons (Fsp3) is 0.333. The Morgan fingerprint density at radius 3 is 1.39 bits per heavy atom. The molecule has 120 valence electrons. The lowest BCUT2D eigenvalue weighted by molar-refractivity contribution is -0.0418. The predicted molar refractivity (Wildman–Crippen MR) is 87.8 cm³/mol. The molecule has 0 amide bonds. The summed E-state index contributed by atoms with van der Waals surface area (Å²) in [5, 5.41) is 0. The number of ether oxygens (including phenoxy) is 3.